The molecule has 2 rings (SSSR count). The molecule has 0 aliphatic carbocycles. The topological polar surface area (TPSA) is 49.9 Å². The van der Waals surface area contributed by atoms with Crippen LogP contribution >= 0.6 is 0 Å². The molecule has 2 aromatic rings. The Morgan fingerprint density at radius 1 is 1.29 bits per heavy atom. The van der Waals surface area contributed by atoms with Crippen LogP contribution in [0.3, 0.4) is 0 Å². The van der Waals surface area contributed by atoms with Gasteiger partial charge in [-0.05, 0) is 13.0 Å². The summed E-state index contributed by atoms with van der Waals surface area (Å²) in [6.45, 7) is 1.53. The molecule has 1 aromatic heterocycles. The van der Waals surface area contributed by atoms with Crippen molar-refractivity contribution in [1.82, 2.24) is 4.98 Å². The highest BCUT2D eigenvalue weighted by molar-refractivity contribution is 7.86. The minimum atomic E-state index is -4.65. The number of benzene rings is 1. The van der Waals surface area contributed by atoms with Crippen LogP contribution < -0.4 is 0 Å². The fraction of sp³-hybridized carbons (Fsp3) is 0.111. The molecular formula is C9H8FNO2S. The second-order valence-corrected chi connectivity index (χ2v) is 4.35. The van der Waals surface area contributed by atoms with Crippen LogP contribution in [0, 0.1) is 6.92 Å². The van der Waals surface area contributed by atoms with Crippen LogP contribution in [0.1, 0.15) is 5.69 Å². The lowest BCUT2D eigenvalue weighted by Gasteiger charge is -1.92. The molecule has 1 heterocycles. The number of H-pyrrole nitrogens is 1. The van der Waals surface area contributed by atoms with E-state index in [1.54, 1.807) is 24.3 Å². The molecule has 1 N–H and O–H groups in total. The molecule has 0 aliphatic rings. The average Bonchev–Trinajstić information content (AvgIpc) is 2.38. The summed E-state index contributed by atoms with van der Waals surface area (Å²) in [5.74, 6) is 0. The van der Waals surface area contributed by atoms with E-state index < -0.39 is 10.2 Å². The molecule has 14 heavy (non-hydrogen) atoms. The van der Waals surface area contributed by atoms with Crippen molar-refractivity contribution < 1.29 is 12.3 Å². The number of hydrogen-bond acceptors (Lipinski definition) is 2. The maximum atomic E-state index is 12.9. The Labute approximate surface area is 80.8 Å². The quantitative estimate of drug-likeness (QED) is 0.738. The fourth-order valence-electron chi connectivity index (χ4n) is 1.57. The molecule has 0 radical (unpaired) electrons. The third-order valence-corrected chi connectivity index (χ3v) is 3.09. The van der Waals surface area contributed by atoms with Crippen LogP contribution in [0.4, 0.5) is 3.89 Å². The van der Waals surface area contributed by atoms with Gasteiger partial charge in [0.25, 0.3) is 0 Å². The van der Waals surface area contributed by atoms with E-state index >= 15 is 0 Å². The first-order valence-electron chi connectivity index (χ1n) is 4.02. The van der Waals surface area contributed by atoms with Crippen molar-refractivity contribution in [2.75, 3.05) is 0 Å². The van der Waals surface area contributed by atoms with Crippen LogP contribution in [0.2, 0.25) is 0 Å². The Balaban J connectivity index is 2.95. The number of fused-ring (bicyclic) bond motifs is 1. The Bertz CT molecular complexity index is 586. The molecule has 0 aliphatic heterocycles. The van der Waals surface area contributed by atoms with Crippen molar-refractivity contribution in [1.29, 1.82) is 0 Å². The molecule has 0 saturated carbocycles. The van der Waals surface area contributed by atoms with Gasteiger partial charge in [0.1, 0.15) is 4.90 Å². The number of nitrogens with one attached hydrogen (secondary N) is 1. The third-order valence-electron chi connectivity index (χ3n) is 2.08. The molecule has 0 saturated heterocycles. The fourth-order valence-corrected chi connectivity index (χ4v) is 2.42. The molecule has 0 fully saturated rings. The zero-order valence-corrected chi connectivity index (χ0v) is 8.23. The standard InChI is InChI=1S/C9H8FNO2S/c1-6-9(14(10,12)13)7-4-2-3-5-8(7)11-6/h2-5,11H,1H3. The summed E-state index contributed by atoms with van der Waals surface area (Å²) < 4.78 is 34.6. The monoisotopic (exact) mass is 213 g/mol. The largest absolute Gasteiger partial charge is 0.357 e. The van der Waals surface area contributed by atoms with Crippen LogP contribution in [-0.2, 0) is 10.2 Å². The molecule has 5 heteroatoms. The third kappa shape index (κ3) is 1.29. The highest BCUT2D eigenvalue weighted by Gasteiger charge is 2.20. The molecule has 0 atom stereocenters. The molecule has 0 amide bonds. The lowest BCUT2D eigenvalue weighted by atomic mass is 10.2. The molecule has 0 spiro atoms. The average molecular weight is 213 g/mol. The van der Waals surface area contributed by atoms with E-state index in [0.29, 0.717) is 16.6 Å². The predicted octanol–water partition coefficient (Wildman–Crippen LogP) is 2.13. The van der Waals surface area contributed by atoms with Crippen molar-refractivity contribution in [3.8, 4) is 0 Å². The van der Waals surface area contributed by atoms with Gasteiger partial charge in [-0.3, -0.25) is 0 Å². The number of aromatic amines is 1. The number of halogens is 1. The van der Waals surface area contributed by atoms with Gasteiger partial charge in [-0.25, -0.2) is 0 Å². The maximum Gasteiger partial charge on any atom is 0.334 e. The molecule has 1 aromatic carbocycles. The summed E-state index contributed by atoms with van der Waals surface area (Å²) >= 11 is 0. The summed E-state index contributed by atoms with van der Waals surface area (Å²) in [6.07, 6.45) is 0. The summed E-state index contributed by atoms with van der Waals surface area (Å²) in [5, 5.41) is 0.396. The first-order valence-corrected chi connectivity index (χ1v) is 5.40. The Kier molecular flexibility index (Phi) is 1.85. The van der Waals surface area contributed by atoms with Crippen LogP contribution in [0.25, 0.3) is 10.9 Å². The smallest absolute Gasteiger partial charge is 0.334 e. The van der Waals surface area contributed by atoms with Crippen molar-refractivity contribution in [2.24, 2.45) is 0 Å². The summed E-state index contributed by atoms with van der Waals surface area (Å²) in [7, 11) is -4.65. The minimum absolute atomic E-state index is 0.256. The van der Waals surface area contributed by atoms with Crippen molar-refractivity contribution in [3.05, 3.63) is 30.0 Å². The second-order valence-electron chi connectivity index (χ2n) is 3.06. The number of para-hydroxylation sites is 1. The van der Waals surface area contributed by atoms with E-state index in [4.69, 9.17) is 0 Å². The van der Waals surface area contributed by atoms with Crippen molar-refractivity contribution >= 4 is 21.1 Å². The van der Waals surface area contributed by atoms with Gasteiger partial charge < -0.3 is 4.98 Å². The maximum absolute atomic E-state index is 12.9. The zero-order valence-electron chi connectivity index (χ0n) is 7.41. The van der Waals surface area contributed by atoms with Gasteiger partial charge in [0.05, 0.1) is 0 Å². The number of rotatable bonds is 1. The summed E-state index contributed by atoms with van der Waals surface area (Å²) in [4.78, 5) is 2.56. The zero-order chi connectivity index (χ0) is 10.3. The van der Waals surface area contributed by atoms with Crippen molar-refractivity contribution in [2.45, 2.75) is 11.8 Å². The van der Waals surface area contributed by atoms with E-state index in [1.807, 2.05) is 0 Å². The Morgan fingerprint density at radius 2 is 1.93 bits per heavy atom. The molecule has 0 bridgehead atoms. The SMILES string of the molecule is Cc1[nH]c2ccccc2c1S(=O)(=O)F. The van der Waals surface area contributed by atoms with Gasteiger partial charge in [-0.2, -0.15) is 8.42 Å². The lowest BCUT2D eigenvalue weighted by Crippen LogP contribution is -1.92. The molecule has 74 valence electrons. The van der Waals surface area contributed by atoms with Crippen LogP contribution in [0.15, 0.2) is 29.2 Å². The molecular weight excluding hydrogens is 205 g/mol. The predicted molar refractivity (Wildman–Crippen MR) is 51.3 cm³/mol. The van der Waals surface area contributed by atoms with Gasteiger partial charge in [0.15, 0.2) is 0 Å². The number of aromatic nitrogens is 1. The Morgan fingerprint density at radius 3 is 2.57 bits per heavy atom. The summed E-state index contributed by atoms with van der Waals surface area (Å²) in [5.41, 5.74) is 0.954. The van der Waals surface area contributed by atoms with E-state index in [9.17, 15) is 12.3 Å². The normalized spacial score (nSPS) is 12.1. The second kappa shape index (κ2) is 2.81. The van der Waals surface area contributed by atoms with Gasteiger partial charge in [-0.15, -0.1) is 3.89 Å². The van der Waals surface area contributed by atoms with Gasteiger partial charge in [0, 0.05) is 16.6 Å². The van der Waals surface area contributed by atoms with E-state index in [1.165, 1.54) is 6.92 Å². The van der Waals surface area contributed by atoms with E-state index in [2.05, 4.69) is 4.98 Å². The molecule has 3 nitrogen and oxygen atoms in total. The van der Waals surface area contributed by atoms with Crippen LogP contribution in [0.5, 0.6) is 0 Å². The Hall–Kier alpha value is -1.36. The van der Waals surface area contributed by atoms with Crippen molar-refractivity contribution in [3.63, 3.8) is 0 Å². The van der Waals surface area contributed by atoms with E-state index in [-0.39, 0.29) is 4.90 Å². The van der Waals surface area contributed by atoms with E-state index in [0.717, 1.165) is 0 Å². The first kappa shape index (κ1) is 9.21. The minimum Gasteiger partial charge on any atom is -0.357 e. The molecule has 0 unspecified atom stereocenters. The van der Waals surface area contributed by atoms with Gasteiger partial charge >= 0.3 is 10.2 Å². The number of hydrogen-bond donors (Lipinski definition) is 1. The first-order chi connectivity index (χ1) is 6.50. The number of aryl methyl sites for hydroxylation is 1. The summed E-state index contributed by atoms with van der Waals surface area (Å²) in [6, 6.07) is 6.71. The highest BCUT2D eigenvalue weighted by Crippen LogP contribution is 2.27. The highest BCUT2D eigenvalue weighted by atomic mass is 32.3. The lowest BCUT2D eigenvalue weighted by molar-refractivity contribution is 0.552. The van der Waals surface area contributed by atoms with Gasteiger partial charge in [0.2, 0.25) is 0 Å². The van der Waals surface area contributed by atoms with Crippen LogP contribution in [-0.4, -0.2) is 13.4 Å². The van der Waals surface area contributed by atoms with Gasteiger partial charge in [-0.1, -0.05) is 18.2 Å².